The molecule has 136 valence electrons. The van der Waals surface area contributed by atoms with Crippen LogP contribution in [0.5, 0.6) is 5.75 Å². The summed E-state index contributed by atoms with van der Waals surface area (Å²) in [6.07, 6.45) is 7.36. The van der Waals surface area contributed by atoms with Gasteiger partial charge in [-0.05, 0) is 50.9 Å². The molecule has 0 atom stereocenters. The molecule has 0 aliphatic carbocycles. The average Bonchev–Trinajstić information content (AvgIpc) is 3.08. The van der Waals surface area contributed by atoms with E-state index in [1.165, 1.54) is 0 Å². The van der Waals surface area contributed by atoms with Crippen LogP contribution >= 0.6 is 0 Å². The second-order valence-corrected chi connectivity index (χ2v) is 7.19. The van der Waals surface area contributed by atoms with Crippen LogP contribution in [0.4, 0.5) is 0 Å². The summed E-state index contributed by atoms with van der Waals surface area (Å²) < 4.78 is 7.52. The second-order valence-electron chi connectivity index (χ2n) is 7.19. The van der Waals surface area contributed by atoms with Gasteiger partial charge in [0.1, 0.15) is 18.4 Å². The normalized spacial score (nSPS) is 20.0. The SMILES string of the molecule is N#Cc1cnn2cc(OCCN3CCC4(CCCNC4=O)CC3)ccc12. The summed E-state index contributed by atoms with van der Waals surface area (Å²) in [5, 5.41) is 16.2. The summed E-state index contributed by atoms with van der Waals surface area (Å²) in [6, 6.07) is 5.85. The van der Waals surface area contributed by atoms with Crippen molar-refractivity contribution >= 4 is 11.4 Å². The number of ether oxygens (including phenoxy) is 1. The summed E-state index contributed by atoms with van der Waals surface area (Å²) in [4.78, 5) is 14.6. The third kappa shape index (κ3) is 3.13. The summed E-state index contributed by atoms with van der Waals surface area (Å²) >= 11 is 0. The number of rotatable bonds is 4. The maximum Gasteiger partial charge on any atom is 0.226 e. The molecule has 1 amide bonds. The lowest BCUT2D eigenvalue weighted by Gasteiger charge is -2.42. The van der Waals surface area contributed by atoms with Crippen LogP contribution in [0.3, 0.4) is 0 Å². The third-order valence-corrected chi connectivity index (χ3v) is 5.70. The molecular weight excluding hydrogens is 330 g/mol. The van der Waals surface area contributed by atoms with E-state index in [-0.39, 0.29) is 11.3 Å². The molecule has 7 nitrogen and oxygen atoms in total. The standard InChI is InChI=1S/C19H23N5O2/c20-12-15-13-22-24-14-16(2-3-17(15)24)26-11-10-23-8-5-19(6-9-23)4-1-7-21-18(19)25/h2-3,13-14H,1,4-11H2,(H,21,25). The molecule has 2 fully saturated rings. The Labute approximate surface area is 152 Å². The first-order valence-corrected chi connectivity index (χ1v) is 9.21. The van der Waals surface area contributed by atoms with Crippen molar-refractivity contribution in [1.29, 1.82) is 5.26 Å². The second kappa shape index (κ2) is 6.96. The van der Waals surface area contributed by atoms with E-state index < -0.39 is 0 Å². The van der Waals surface area contributed by atoms with Crippen molar-refractivity contribution in [2.24, 2.45) is 5.41 Å². The first-order valence-electron chi connectivity index (χ1n) is 9.21. The highest BCUT2D eigenvalue weighted by Gasteiger charge is 2.42. The largest absolute Gasteiger partial charge is 0.491 e. The number of nitriles is 1. The van der Waals surface area contributed by atoms with Gasteiger partial charge in [-0.3, -0.25) is 9.69 Å². The van der Waals surface area contributed by atoms with Crippen molar-refractivity contribution in [1.82, 2.24) is 19.8 Å². The molecule has 4 heterocycles. The van der Waals surface area contributed by atoms with Gasteiger partial charge in [-0.15, -0.1) is 0 Å². The van der Waals surface area contributed by atoms with E-state index in [2.05, 4.69) is 21.4 Å². The van der Waals surface area contributed by atoms with Gasteiger partial charge in [0, 0.05) is 13.1 Å². The van der Waals surface area contributed by atoms with Crippen LogP contribution in [-0.4, -0.2) is 53.2 Å². The molecule has 0 unspecified atom stereocenters. The Morgan fingerprint density at radius 1 is 1.31 bits per heavy atom. The van der Waals surface area contributed by atoms with E-state index in [0.29, 0.717) is 12.2 Å². The number of fused-ring (bicyclic) bond motifs is 1. The minimum atomic E-state index is -0.126. The number of aromatic nitrogens is 2. The number of carbonyl (C=O) groups excluding carboxylic acids is 1. The lowest BCUT2D eigenvalue weighted by molar-refractivity contribution is -0.136. The number of hydrogen-bond donors (Lipinski definition) is 1. The van der Waals surface area contributed by atoms with Crippen molar-refractivity contribution in [3.8, 4) is 11.8 Å². The topological polar surface area (TPSA) is 82.7 Å². The number of likely N-dealkylation sites (tertiary alicyclic amines) is 1. The molecule has 2 aliphatic heterocycles. The van der Waals surface area contributed by atoms with Gasteiger partial charge in [-0.2, -0.15) is 10.4 Å². The molecule has 2 aromatic rings. The van der Waals surface area contributed by atoms with E-state index in [4.69, 9.17) is 10.00 Å². The smallest absolute Gasteiger partial charge is 0.226 e. The molecule has 0 bridgehead atoms. The zero-order valence-electron chi connectivity index (χ0n) is 14.8. The zero-order valence-corrected chi connectivity index (χ0v) is 14.8. The Morgan fingerprint density at radius 2 is 2.15 bits per heavy atom. The van der Waals surface area contributed by atoms with E-state index in [1.54, 1.807) is 16.9 Å². The molecule has 0 radical (unpaired) electrons. The van der Waals surface area contributed by atoms with Gasteiger partial charge >= 0.3 is 0 Å². The average molecular weight is 353 g/mol. The van der Waals surface area contributed by atoms with Gasteiger partial charge in [0.05, 0.1) is 28.9 Å². The van der Waals surface area contributed by atoms with Gasteiger partial charge in [0.15, 0.2) is 0 Å². The van der Waals surface area contributed by atoms with Gasteiger partial charge < -0.3 is 10.1 Å². The number of hydrogen-bond acceptors (Lipinski definition) is 5. The quantitative estimate of drug-likeness (QED) is 0.902. The van der Waals surface area contributed by atoms with Crippen LogP contribution in [0.15, 0.2) is 24.5 Å². The van der Waals surface area contributed by atoms with Crippen molar-refractivity contribution in [3.05, 3.63) is 30.1 Å². The highest BCUT2D eigenvalue weighted by atomic mass is 16.5. The number of pyridine rings is 1. The first-order chi connectivity index (χ1) is 12.7. The van der Waals surface area contributed by atoms with Crippen LogP contribution in [0.1, 0.15) is 31.2 Å². The Bertz CT molecular complexity index is 845. The first kappa shape index (κ1) is 16.9. The fourth-order valence-electron chi connectivity index (χ4n) is 4.04. The fourth-order valence-corrected chi connectivity index (χ4v) is 4.04. The molecule has 0 saturated carbocycles. The van der Waals surface area contributed by atoms with Crippen molar-refractivity contribution in [2.45, 2.75) is 25.7 Å². The Balaban J connectivity index is 1.28. The summed E-state index contributed by atoms with van der Waals surface area (Å²) in [6.45, 7) is 4.16. The number of amides is 1. The van der Waals surface area contributed by atoms with Crippen LogP contribution in [0, 0.1) is 16.7 Å². The number of piperidine rings is 2. The highest BCUT2D eigenvalue weighted by Crippen LogP contribution is 2.38. The van der Waals surface area contributed by atoms with E-state index in [9.17, 15) is 4.79 Å². The lowest BCUT2D eigenvalue weighted by Crippen LogP contribution is -2.52. The van der Waals surface area contributed by atoms with Crippen LogP contribution in [0.25, 0.3) is 5.52 Å². The van der Waals surface area contributed by atoms with Crippen LogP contribution in [-0.2, 0) is 4.79 Å². The van der Waals surface area contributed by atoms with Crippen LogP contribution in [0.2, 0.25) is 0 Å². The number of nitrogens with zero attached hydrogens (tertiary/aromatic N) is 4. The summed E-state index contributed by atoms with van der Waals surface area (Å²) in [5.41, 5.74) is 1.22. The van der Waals surface area contributed by atoms with Crippen molar-refractivity contribution in [2.75, 3.05) is 32.8 Å². The van der Waals surface area contributed by atoms with Crippen LogP contribution < -0.4 is 10.1 Å². The third-order valence-electron chi connectivity index (χ3n) is 5.70. The maximum absolute atomic E-state index is 12.2. The molecule has 1 N–H and O–H groups in total. The number of carbonyl (C=O) groups is 1. The molecule has 2 aromatic heterocycles. The molecule has 26 heavy (non-hydrogen) atoms. The van der Waals surface area contributed by atoms with E-state index in [0.717, 1.165) is 63.1 Å². The van der Waals surface area contributed by atoms with E-state index >= 15 is 0 Å². The maximum atomic E-state index is 12.2. The summed E-state index contributed by atoms with van der Waals surface area (Å²) in [7, 11) is 0. The Hall–Kier alpha value is -2.59. The molecule has 2 saturated heterocycles. The van der Waals surface area contributed by atoms with Gasteiger partial charge in [-0.1, -0.05) is 0 Å². The zero-order chi connectivity index (χ0) is 18.0. The molecular formula is C19H23N5O2. The monoisotopic (exact) mass is 353 g/mol. The molecule has 0 aromatic carbocycles. The molecule has 7 heteroatoms. The van der Waals surface area contributed by atoms with Gasteiger partial charge in [0.2, 0.25) is 5.91 Å². The lowest BCUT2D eigenvalue weighted by atomic mass is 9.72. The fraction of sp³-hybridized carbons (Fsp3) is 0.526. The Kier molecular flexibility index (Phi) is 4.51. The number of nitrogens with one attached hydrogen (secondary N) is 1. The highest BCUT2D eigenvalue weighted by molar-refractivity contribution is 5.83. The molecule has 2 aliphatic rings. The summed E-state index contributed by atoms with van der Waals surface area (Å²) in [5.74, 6) is 0.995. The minimum absolute atomic E-state index is 0.126. The van der Waals surface area contributed by atoms with Crippen molar-refractivity contribution in [3.63, 3.8) is 0 Å². The van der Waals surface area contributed by atoms with E-state index in [1.807, 2.05) is 12.1 Å². The predicted molar refractivity (Wildman–Crippen MR) is 95.8 cm³/mol. The van der Waals surface area contributed by atoms with Gasteiger partial charge in [0.25, 0.3) is 0 Å². The predicted octanol–water partition coefficient (Wildman–Crippen LogP) is 1.58. The molecule has 4 rings (SSSR count). The molecule has 1 spiro atoms. The van der Waals surface area contributed by atoms with Crippen molar-refractivity contribution < 1.29 is 9.53 Å². The minimum Gasteiger partial charge on any atom is -0.491 e. The van der Waals surface area contributed by atoms with Gasteiger partial charge in [-0.25, -0.2) is 4.52 Å². The Morgan fingerprint density at radius 3 is 2.92 bits per heavy atom.